The summed E-state index contributed by atoms with van der Waals surface area (Å²) in [4.78, 5) is 0. The smallest absolute Gasteiger partial charge is 1.00 e. The van der Waals surface area contributed by atoms with Crippen molar-refractivity contribution in [1.29, 1.82) is 0 Å². The molecule has 0 spiro atoms. The van der Waals surface area contributed by atoms with Gasteiger partial charge < -0.3 is 24.8 Å². The number of benzene rings is 2. The minimum Gasteiger partial charge on any atom is -1.00 e. The van der Waals surface area contributed by atoms with E-state index in [1.54, 1.807) is 15.0 Å². The number of allylic oxidation sites excluding steroid dienone is 4. The number of hydrogen-bond donors (Lipinski definition) is 0. The largest absolute Gasteiger partial charge is 1.00 e. The average molecular weight is 363 g/mol. The van der Waals surface area contributed by atoms with Crippen molar-refractivity contribution in [1.82, 2.24) is 0 Å². The number of halogens is 2. The Kier molecular flexibility index (Phi) is 5.74. The van der Waals surface area contributed by atoms with Gasteiger partial charge in [-0.1, -0.05) is 0 Å². The maximum atomic E-state index is 2.34. The molecular weight excluding hydrogens is 347 g/mol. The molecule has 0 N–H and O–H groups in total. The van der Waals surface area contributed by atoms with Gasteiger partial charge in [-0.25, -0.2) is 0 Å². The standard InChI is InChI=1S/C13H9.C6H7.2ClH.Ti/c1-3-7-12-10(5-1)9-11-6-2-4-8-13(11)12;1-6-4-2-3-5-6;;;/h1-9H;2,4H,3H2,1H3;2*1H;/q;;;;+2/p-2. The first-order valence-corrected chi connectivity index (χ1v) is 8.84. The van der Waals surface area contributed by atoms with Crippen LogP contribution < -0.4 is 24.8 Å². The van der Waals surface area contributed by atoms with E-state index in [4.69, 9.17) is 0 Å². The molecular formula is C19H16Cl2Ti. The first kappa shape index (κ1) is 17.6. The summed E-state index contributed by atoms with van der Waals surface area (Å²) in [5.74, 6) is 0. The summed E-state index contributed by atoms with van der Waals surface area (Å²) in [7, 11) is 0. The number of rotatable bonds is 2. The minimum absolute atomic E-state index is 0. The molecule has 0 aliphatic heterocycles. The first-order valence-electron chi connectivity index (χ1n) is 7.15. The zero-order chi connectivity index (χ0) is 13.5. The summed E-state index contributed by atoms with van der Waals surface area (Å²) >= 11 is -0.139. The van der Waals surface area contributed by atoms with Crippen LogP contribution in [0.25, 0.3) is 11.1 Å². The molecule has 2 aromatic rings. The van der Waals surface area contributed by atoms with Crippen LogP contribution in [0.15, 0.2) is 70.1 Å². The van der Waals surface area contributed by atoms with Crippen molar-refractivity contribution < 1.29 is 44.0 Å². The molecule has 0 bridgehead atoms. The van der Waals surface area contributed by atoms with Crippen molar-refractivity contribution in [2.45, 2.75) is 17.6 Å². The van der Waals surface area contributed by atoms with E-state index >= 15 is 0 Å². The third-order valence-corrected chi connectivity index (χ3v) is 7.22. The van der Waals surface area contributed by atoms with E-state index in [1.807, 2.05) is 0 Å². The molecule has 0 amide bonds. The molecule has 0 aromatic heterocycles. The third kappa shape index (κ3) is 2.86. The van der Waals surface area contributed by atoms with Crippen LogP contribution in [-0.4, -0.2) is 0 Å². The topological polar surface area (TPSA) is 0 Å². The summed E-state index contributed by atoms with van der Waals surface area (Å²) in [6.45, 7) is 2.27. The Morgan fingerprint density at radius 1 is 0.864 bits per heavy atom. The molecule has 2 aromatic carbocycles. The Balaban J connectivity index is 0.000000882. The molecule has 22 heavy (non-hydrogen) atoms. The molecule has 0 saturated carbocycles. The zero-order valence-electron chi connectivity index (χ0n) is 12.3. The quantitative estimate of drug-likeness (QED) is 0.606. The SMILES string of the molecule is CC1=[C]([Ti+2][CH]2c3ccccc3-c3ccccc32)CC=C1.[Cl-].[Cl-]. The van der Waals surface area contributed by atoms with Gasteiger partial charge in [0, 0.05) is 0 Å². The van der Waals surface area contributed by atoms with E-state index in [9.17, 15) is 0 Å². The molecule has 0 fully saturated rings. The molecule has 4 rings (SSSR count). The zero-order valence-corrected chi connectivity index (χ0v) is 15.4. The van der Waals surface area contributed by atoms with Gasteiger partial charge >= 0.3 is 129 Å². The molecule has 2 aliphatic rings. The molecule has 0 unspecified atom stereocenters. The summed E-state index contributed by atoms with van der Waals surface area (Å²) in [5, 5.41) is 0. The van der Waals surface area contributed by atoms with Gasteiger partial charge in [-0.05, 0) is 0 Å². The van der Waals surface area contributed by atoms with Crippen LogP contribution in [0.2, 0.25) is 0 Å². The van der Waals surface area contributed by atoms with Gasteiger partial charge in [0.25, 0.3) is 0 Å². The van der Waals surface area contributed by atoms with E-state index in [2.05, 4.69) is 67.6 Å². The Labute approximate surface area is 153 Å². The molecule has 0 heterocycles. The Morgan fingerprint density at radius 2 is 1.41 bits per heavy atom. The molecule has 0 saturated heterocycles. The molecule has 0 radical (unpaired) electrons. The maximum Gasteiger partial charge on any atom is -1.00 e. The van der Waals surface area contributed by atoms with Crippen molar-refractivity contribution >= 4 is 0 Å². The van der Waals surface area contributed by atoms with Crippen molar-refractivity contribution in [3.63, 3.8) is 0 Å². The number of hydrogen-bond acceptors (Lipinski definition) is 0. The Hall–Kier alpha value is -0.786. The second kappa shape index (κ2) is 7.19. The van der Waals surface area contributed by atoms with Crippen LogP contribution in [0.3, 0.4) is 0 Å². The molecule has 110 valence electrons. The van der Waals surface area contributed by atoms with Gasteiger partial charge in [-0.2, -0.15) is 0 Å². The van der Waals surface area contributed by atoms with Crippen LogP contribution in [0.4, 0.5) is 0 Å². The van der Waals surface area contributed by atoms with Crippen molar-refractivity contribution in [3.05, 3.63) is 81.3 Å². The van der Waals surface area contributed by atoms with E-state index in [1.165, 1.54) is 23.1 Å². The molecule has 2 aliphatic carbocycles. The molecule has 3 heteroatoms. The van der Waals surface area contributed by atoms with Gasteiger partial charge in [-0.3, -0.25) is 0 Å². The van der Waals surface area contributed by atoms with Gasteiger partial charge in [-0.15, -0.1) is 0 Å². The second-order valence-corrected chi connectivity index (χ2v) is 7.81. The minimum atomic E-state index is -0.139. The second-order valence-electron chi connectivity index (χ2n) is 5.52. The van der Waals surface area contributed by atoms with Gasteiger partial charge in [0.2, 0.25) is 0 Å². The fraction of sp³-hybridized carbons (Fsp3) is 0.158. The Bertz CT molecular complexity index is 701. The fourth-order valence-corrected chi connectivity index (χ4v) is 5.94. The van der Waals surface area contributed by atoms with Crippen molar-refractivity contribution in [2.75, 3.05) is 0 Å². The van der Waals surface area contributed by atoms with Gasteiger partial charge in [0.15, 0.2) is 0 Å². The van der Waals surface area contributed by atoms with E-state index in [0.29, 0.717) is 4.22 Å². The number of fused-ring (bicyclic) bond motifs is 3. The first-order chi connectivity index (χ1) is 9.84. The van der Waals surface area contributed by atoms with E-state index in [-0.39, 0.29) is 44.0 Å². The van der Waals surface area contributed by atoms with Crippen LogP contribution >= 0.6 is 0 Å². The fourth-order valence-electron chi connectivity index (χ4n) is 3.27. The van der Waals surface area contributed by atoms with Crippen molar-refractivity contribution in [2.24, 2.45) is 0 Å². The average Bonchev–Trinajstić information content (AvgIpc) is 3.03. The van der Waals surface area contributed by atoms with Crippen LogP contribution in [0.1, 0.15) is 28.7 Å². The molecule has 0 nitrogen and oxygen atoms in total. The summed E-state index contributed by atoms with van der Waals surface area (Å²) < 4.78 is 2.38. The maximum absolute atomic E-state index is 2.34. The predicted octanol–water partition coefficient (Wildman–Crippen LogP) is -0.919. The van der Waals surface area contributed by atoms with Gasteiger partial charge in [0.05, 0.1) is 0 Å². The summed E-state index contributed by atoms with van der Waals surface area (Å²) in [6, 6.07) is 18.0. The van der Waals surface area contributed by atoms with Crippen molar-refractivity contribution in [3.8, 4) is 11.1 Å². The van der Waals surface area contributed by atoms with Crippen LogP contribution in [0, 0.1) is 0 Å². The van der Waals surface area contributed by atoms with Gasteiger partial charge in [0.1, 0.15) is 0 Å². The van der Waals surface area contributed by atoms with Crippen LogP contribution in [-0.2, 0) is 19.2 Å². The third-order valence-electron chi connectivity index (χ3n) is 4.32. The van der Waals surface area contributed by atoms with E-state index < -0.39 is 0 Å². The predicted molar refractivity (Wildman–Crippen MR) is 80.2 cm³/mol. The molecule has 0 atom stereocenters. The van der Waals surface area contributed by atoms with Crippen LogP contribution in [0.5, 0.6) is 0 Å². The monoisotopic (exact) mass is 362 g/mol. The van der Waals surface area contributed by atoms with E-state index in [0.717, 1.165) is 0 Å². The summed E-state index contributed by atoms with van der Waals surface area (Å²) in [6.07, 6.45) is 5.80. The summed E-state index contributed by atoms with van der Waals surface area (Å²) in [5.41, 5.74) is 7.55. The normalized spacial score (nSPS) is 14.8. The Morgan fingerprint density at radius 3 is 1.91 bits per heavy atom.